The Balaban J connectivity index is 2.24. The van der Waals surface area contributed by atoms with Crippen LogP contribution in [-0.2, 0) is 10.0 Å². The normalized spacial score (nSPS) is 22.3. The fourth-order valence-electron chi connectivity index (χ4n) is 2.49. The molecule has 106 valence electrons. The summed E-state index contributed by atoms with van der Waals surface area (Å²) >= 11 is 0. The zero-order valence-corrected chi connectivity index (χ0v) is 12.8. The number of sulfonamides is 1. The lowest BCUT2D eigenvalue weighted by molar-refractivity contribution is 0.573. The molecule has 0 aliphatic heterocycles. The minimum Gasteiger partial charge on any atom is -0.388 e. The highest BCUT2D eigenvalue weighted by Gasteiger charge is 2.33. The average molecular weight is 282 g/mol. The SMILES string of the molecule is CNc1cc(C)c(S(=O)(=O)NCC2CC2C)c(C)c1. The molecule has 5 heteroatoms. The minimum atomic E-state index is -3.40. The van der Waals surface area contributed by atoms with Gasteiger partial charge in [-0.15, -0.1) is 0 Å². The first-order valence-electron chi connectivity index (χ1n) is 6.64. The Morgan fingerprint density at radius 1 is 1.26 bits per heavy atom. The molecular formula is C14H22N2O2S. The van der Waals surface area contributed by atoms with E-state index in [1.54, 1.807) is 0 Å². The molecule has 0 saturated heterocycles. The molecule has 0 amide bonds. The molecule has 1 aliphatic rings. The summed E-state index contributed by atoms with van der Waals surface area (Å²) in [6.07, 6.45) is 1.12. The van der Waals surface area contributed by atoms with Crippen LogP contribution in [-0.4, -0.2) is 22.0 Å². The van der Waals surface area contributed by atoms with Crippen LogP contribution in [0.2, 0.25) is 0 Å². The fourth-order valence-corrected chi connectivity index (χ4v) is 4.03. The maximum Gasteiger partial charge on any atom is 0.241 e. The Hall–Kier alpha value is -1.07. The molecule has 2 N–H and O–H groups in total. The molecule has 1 aliphatic carbocycles. The van der Waals surface area contributed by atoms with Crippen molar-refractivity contribution in [3.8, 4) is 0 Å². The lowest BCUT2D eigenvalue weighted by Crippen LogP contribution is -2.27. The van der Waals surface area contributed by atoms with E-state index in [2.05, 4.69) is 17.0 Å². The number of rotatable bonds is 5. The molecule has 1 saturated carbocycles. The van der Waals surface area contributed by atoms with Crippen LogP contribution in [0.4, 0.5) is 5.69 Å². The standard InChI is InChI=1S/C14H22N2O2S/c1-9-5-12(9)8-16-19(17,18)14-10(2)6-13(15-4)7-11(14)3/h6-7,9,12,15-16H,5,8H2,1-4H3. The van der Waals surface area contributed by atoms with Gasteiger partial charge in [-0.25, -0.2) is 13.1 Å². The highest BCUT2D eigenvalue weighted by Crippen LogP contribution is 2.37. The molecule has 1 aromatic rings. The van der Waals surface area contributed by atoms with Crippen molar-refractivity contribution >= 4 is 15.7 Å². The first-order chi connectivity index (χ1) is 8.85. The molecule has 0 spiro atoms. The van der Waals surface area contributed by atoms with Crippen LogP contribution in [0.15, 0.2) is 17.0 Å². The molecule has 2 unspecified atom stereocenters. The van der Waals surface area contributed by atoms with Crippen molar-refractivity contribution in [3.63, 3.8) is 0 Å². The smallest absolute Gasteiger partial charge is 0.241 e. The van der Waals surface area contributed by atoms with Gasteiger partial charge in [0.25, 0.3) is 0 Å². The van der Waals surface area contributed by atoms with Crippen molar-refractivity contribution in [2.75, 3.05) is 18.9 Å². The van der Waals surface area contributed by atoms with Gasteiger partial charge in [0.1, 0.15) is 0 Å². The topological polar surface area (TPSA) is 58.2 Å². The van der Waals surface area contributed by atoms with Gasteiger partial charge in [-0.2, -0.15) is 0 Å². The van der Waals surface area contributed by atoms with Gasteiger partial charge in [0.15, 0.2) is 0 Å². The van der Waals surface area contributed by atoms with Crippen molar-refractivity contribution in [2.45, 2.75) is 32.1 Å². The van der Waals surface area contributed by atoms with Crippen molar-refractivity contribution in [1.82, 2.24) is 4.72 Å². The van der Waals surface area contributed by atoms with Gasteiger partial charge >= 0.3 is 0 Å². The maximum absolute atomic E-state index is 12.4. The summed E-state index contributed by atoms with van der Waals surface area (Å²) < 4.78 is 27.5. The number of anilines is 1. The number of hydrogen-bond acceptors (Lipinski definition) is 3. The molecule has 4 nitrogen and oxygen atoms in total. The van der Waals surface area contributed by atoms with Crippen molar-refractivity contribution < 1.29 is 8.42 Å². The Kier molecular flexibility index (Phi) is 3.87. The van der Waals surface area contributed by atoms with Gasteiger partial charge in [-0.3, -0.25) is 0 Å². The predicted octanol–water partition coefficient (Wildman–Crippen LogP) is 2.28. The summed E-state index contributed by atoms with van der Waals surface area (Å²) in [6.45, 7) is 6.37. The Morgan fingerprint density at radius 2 is 1.79 bits per heavy atom. The van der Waals surface area contributed by atoms with Gasteiger partial charge < -0.3 is 5.32 Å². The van der Waals surface area contributed by atoms with E-state index in [0.717, 1.165) is 23.2 Å². The van der Waals surface area contributed by atoms with Gasteiger partial charge in [-0.1, -0.05) is 6.92 Å². The lowest BCUT2D eigenvalue weighted by atomic mass is 10.1. The third-order valence-corrected chi connectivity index (χ3v) is 5.56. The van der Waals surface area contributed by atoms with Crippen LogP contribution in [0.1, 0.15) is 24.5 Å². The summed E-state index contributed by atoms with van der Waals surface area (Å²) in [6, 6.07) is 3.72. The van der Waals surface area contributed by atoms with E-state index >= 15 is 0 Å². The highest BCUT2D eigenvalue weighted by molar-refractivity contribution is 7.89. The van der Waals surface area contributed by atoms with Gasteiger partial charge in [0.2, 0.25) is 10.0 Å². The molecular weight excluding hydrogens is 260 g/mol. The zero-order chi connectivity index (χ0) is 14.2. The molecule has 1 aromatic carbocycles. The van der Waals surface area contributed by atoms with E-state index < -0.39 is 10.0 Å². The van der Waals surface area contributed by atoms with E-state index in [1.165, 1.54) is 0 Å². The van der Waals surface area contributed by atoms with Crippen LogP contribution in [0.5, 0.6) is 0 Å². The second-order valence-electron chi connectivity index (χ2n) is 5.51. The minimum absolute atomic E-state index is 0.416. The predicted molar refractivity (Wildman–Crippen MR) is 77.9 cm³/mol. The van der Waals surface area contributed by atoms with Crippen molar-refractivity contribution in [2.24, 2.45) is 11.8 Å². The Labute approximate surface area is 115 Å². The first-order valence-corrected chi connectivity index (χ1v) is 8.12. The lowest BCUT2D eigenvalue weighted by Gasteiger charge is -2.14. The second kappa shape index (κ2) is 5.13. The largest absolute Gasteiger partial charge is 0.388 e. The number of benzene rings is 1. The van der Waals surface area contributed by atoms with Crippen LogP contribution in [0.3, 0.4) is 0 Å². The van der Waals surface area contributed by atoms with Crippen molar-refractivity contribution in [3.05, 3.63) is 23.3 Å². The quantitative estimate of drug-likeness (QED) is 0.871. The molecule has 0 bridgehead atoms. The van der Waals surface area contributed by atoms with Crippen LogP contribution >= 0.6 is 0 Å². The summed E-state index contributed by atoms with van der Waals surface area (Å²) in [5, 5.41) is 3.04. The number of nitrogens with one attached hydrogen (secondary N) is 2. The van der Waals surface area contributed by atoms with Crippen LogP contribution in [0.25, 0.3) is 0 Å². The molecule has 0 aromatic heterocycles. The Morgan fingerprint density at radius 3 is 2.21 bits per heavy atom. The highest BCUT2D eigenvalue weighted by atomic mass is 32.2. The summed E-state index contributed by atoms with van der Waals surface area (Å²) in [5.74, 6) is 1.16. The van der Waals surface area contributed by atoms with Gasteiger partial charge in [0.05, 0.1) is 4.90 Å². The first kappa shape index (κ1) is 14.3. The summed E-state index contributed by atoms with van der Waals surface area (Å²) in [7, 11) is -1.57. The molecule has 0 radical (unpaired) electrons. The van der Waals surface area contributed by atoms with E-state index in [9.17, 15) is 8.42 Å². The number of aryl methyl sites for hydroxylation is 2. The van der Waals surface area contributed by atoms with E-state index in [4.69, 9.17) is 0 Å². The second-order valence-corrected chi connectivity index (χ2v) is 7.22. The Bertz CT molecular complexity index is 558. The van der Waals surface area contributed by atoms with Crippen LogP contribution in [0, 0.1) is 25.7 Å². The molecule has 1 fully saturated rings. The fraction of sp³-hybridized carbons (Fsp3) is 0.571. The molecule has 0 heterocycles. The maximum atomic E-state index is 12.4. The van der Waals surface area contributed by atoms with Gasteiger partial charge in [-0.05, 0) is 55.4 Å². The zero-order valence-electron chi connectivity index (χ0n) is 11.9. The molecule has 2 atom stereocenters. The van der Waals surface area contributed by atoms with E-state index in [-0.39, 0.29) is 0 Å². The summed E-state index contributed by atoms with van der Waals surface area (Å²) in [5.41, 5.74) is 2.49. The van der Waals surface area contributed by atoms with Gasteiger partial charge in [0, 0.05) is 19.3 Å². The number of hydrogen-bond donors (Lipinski definition) is 2. The van der Waals surface area contributed by atoms with E-state index in [1.807, 2.05) is 33.0 Å². The summed E-state index contributed by atoms with van der Waals surface area (Å²) in [4.78, 5) is 0.416. The molecule has 2 rings (SSSR count). The average Bonchev–Trinajstić information content (AvgIpc) is 3.01. The molecule has 19 heavy (non-hydrogen) atoms. The third-order valence-electron chi connectivity index (χ3n) is 3.83. The van der Waals surface area contributed by atoms with Crippen LogP contribution < -0.4 is 10.0 Å². The monoisotopic (exact) mass is 282 g/mol. The van der Waals surface area contributed by atoms with Crippen molar-refractivity contribution in [1.29, 1.82) is 0 Å². The third kappa shape index (κ3) is 3.09. The van der Waals surface area contributed by atoms with E-state index in [0.29, 0.717) is 23.3 Å².